The lowest BCUT2D eigenvalue weighted by Crippen LogP contribution is -1.99. The van der Waals surface area contributed by atoms with Crippen LogP contribution >= 0.6 is 43.2 Å². The van der Waals surface area contributed by atoms with Crippen LogP contribution in [0.25, 0.3) is 0 Å². The molecular formula is C13H12Br2OS. The van der Waals surface area contributed by atoms with Crippen LogP contribution in [0, 0.1) is 13.8 Å². The predicted molar refractivity (Wildman–Crippen MR) is 79.7 cm³/mol. The SMILES string of the molecule is Cc1cc(C)c(C(O)c2cc(Br)ccc2Br)s1. The van der Waals surface area contributed by atoms with E-state index < -0.39 is 6.10 Å². The number of halogens is 2. The van der Waals surface area contributed by atoms with Crippen molar-refractivity contribution in [3.8, 4) is 0 Å². The number of benzene rings is 1. The zero-order valence-electron chi connectivity index (χ0n) is 9.50. The standard InChI is InChI=1S/C13H12Br2OS/c1-7-5-8(2)17-13(7)12(16)10-6-9(14)3-4-11(10)15/h3-6,12,16H,1-2H3. The third-order valence-electron chi connectivity index (χ3n) is 2.58. The summed E-state index contributed by atoms with van der Waals surface area (Å²) in [7, 11) is 0. The van der Waals surface area contributed by atoms with Crippen LogP contribution in [0.2, 0.25) is 0 Å². The summed E-state index contributed by atoms with van der Waals surface area (Å²) in [5.41, 5.74) is 2.04. The van der Waals surface area contributed by atoms with Crippen molar-refractivity contribution in [1.82, 2.24) is 0 Å². The molecule has 0 amide bonds. The summed E-state index contributed by atoms with van der Waals surface area (Å²) in [6.45, 7) is 4.10. The molecule has 4 heteroatoms. The van der Waals surface area contributed by atoms with Gasteiger partial charge in [-0.05, 0) is 43.7 Å². The first kappa shape index (κ1) is 13.3. The molecule has 0 bridgehead atoms. The van der Waals surface area contributed by atoms with Gasteiger partial charge in [-0.1, -0.05) is 31.9 Å². The maximum atomic E-state index is 10.5. The summed E-state index contributed by atoms with van der Waals surface area (Å²) in [6.07, 6.45) is -0.569. The molecular weight excluding hydrogens is 364 g/mol. The minimum absolute atomic E-state index is 0.569. The topological polar surface area (TPSA) is 20.2 Å². The number of thiophene rings is 1. The van der Waals surface area contributed by atoms with Crippen LogP contribution in [0.1, 0.15) is 27.0 Å². The van der Waals surface area contributed by atoms with Crippen LogP contribution in [0.4, 0.5) is 0 Å². The molecule has 2 rings (SSSR count). The van der Waals surface area contributed by atoms with E-state index in [1.165, 1.54) is 4.88 Å². The van der Waals surface area contributed by atoms with E-state index in [1.54, 1.807) is 11.3 Å². The normalized spacial score (nSPS) is 12.8. The van der Waals surface area contributed by atoms with Gasteiger partial charge in [0.1, 0.15) is 6.10 Å². The minimum Gasteiger partial charge on any atom is -0.383 e. The van der Waals surface area contributed by atoms with Crippen molar-refractivity contribution in [3.63, 3.8) is 0 Å². The second-order valence-electron chi connectivity index (χ2n) is 3.97. The molecule has 1 unspecified atom stereocenters. The molecule has 17 heavy (non-hydrogen) atoms. The highest BCUT2D eigenvalue weighted by Crippen LogP contribution is 2.36. The smallest absolute Gasteiger partial charge is 0.115 e. The predicted octanol–water partition coefficient (Wildman–Crippen LogP) is 4.97. The van der Waals surface area contributed by atoms with Crippen LogP contribution in [-0.4, -0.2) is 5.11 Å². The van der Waals surface area contributed by atoms with Crippen molar-refractivity contribution in [1.29, 1.82) is 0 Å². The molecule has 1 aromatic carbocycles. The van der Waals surface area contributed by atoms with Crippen molar-refractivity contribution in [2.45, 2.75) is 20.0 Å². The van der Waals surface area contributed by atoms with Crippen molar-refractivity contribution in [3.05, 3.63) is 54.1 Å². The summed E-state index contributed by atoms with van der Waals surface area (Å²) in [5, 5.41) is 10.5. The lowest BCUT2D eigenvalue weighted by atomic mass is 10.1. The Balaban J connectivity index is 2.46. The third kappa shape index (κ3) is 2.81. The highest BCUT2D eigenvalue weighted by molar-refractivity contribution is 9.11. The quantitative estimate of drug-likeness (QED) is 0.785. The molecule has 0 aliphatic carbocycles. The maximum absolute atomic E-state index is 10.5. The molecule has 0 saturated heterocycles. The Hall–Kier alpha value is -0.160. The molecule has 0 aliphatic heterocycles. The van der Waals surface area contributed by atoms with E-state index in [-0.39, 0.29) is 0 Å². The fraction of sp³-hybridized carbons (Fsp3) is 0.231. The van der Waals surface area contributed by atoms with E-state index in [0.717, 1.165) is 24.9 Å². The van der Waals surface area contributed by atoms with Crippen LogP contribution in [0.3, 0.4) is 0 Å². The van der Waals surface area contributed by atoms with E-state index in [0.29, 0.717) is 0 Å². The van der Waals surface area contributed by atoms with Gasteiger partial charge in [-0.2, -0.15) is 0 Å². The van der Waals surface area contributed by atoms with Crippen LogP contribution in [-0.2, 0) is 0 Å². The Bertz CT molecular complexity index is 548. The fourth-order valence-electron chi connectivity index (χ4n) is 1.80. The first-order valence-corrected chi connectivity index (χ1v) is 7.59. The zero-order chi connectivity index (χ0) is 12.6. The molecule has 0 fully saturated rings. The Morgan fingerprint density at radius 2 is 1.88 bits per heavy atom. The highest BCUT2D eigenvalue weighted by Gasteiger charge is 2.18. The second kappa shape index (κ2) is 5.22. The fourth-order valence-corrected chi connectivity index (χ4v) is 3.68. The summed E-state index contributed by atoms with van der Waals surface area (Å²) in [4.78, 5) is 2.24. The number of aliphatic hydroxyl groups is 1. The van der Waals surface area contributed by atoms with Gasteiger partial charge in [-0.3, -0.25) is 0 Å². The van der Waals surface area contributed by atoms with Gasteiger partial charge >= 0.3 is 0 Å². The van der Waals surface area contributed by atoms with Gasteiger partial charge < -0.3 is 5.11 Å². The average Bonchev–Trinajstić information content (AvgIpc) is 2.60. The van der Waals surface area contributed by atoms with Gasteiger partial charge in [0.2, 0.25) is 0 Å². The molecule has 0 saturated carbocycles. The summed E-state index contributed by atoms with van der Waals surface area (Å²) in [5.74, 6) is 0. The molecule has 1 atom stereocenters. The van der Waals surface area contributed by atoms with Gasteiger partial charge in [0.25, 0.3) is 0 Å². The molecule has 1 N–H and O–H groups in total. The van der Waals surface area contributed by atoms with Gasteiger partial charge in [-0.15, -0.1) is 11.3 Å². The lowest BCUT2D eigenvalue weighted by Gasteiger charge is -2.13. The second-order valence-corrected chi connectivity index (χ2v) is 7.03. The lowest BCUT2D eigenvalue weighted by molar-refractivity contribution is 0.222. The van der Waals surface area contributed by atoms with Crippen molar-refractivity contribution in [2.75, 3.05) is 0 Å². The number of rotatable bonds is 2. The number of aliphatic hydroxyl groups excluding tert-OH is 1. The molecule has 0 aliphatic rings. The number of aryl methyl sites for hydroxylation is 2. The maximum Gasteiger partial charge on any atom is 0.115 e. The minimum atomic E-state index is -0.569. The van der Waals surface area contributed by atoms with E-state index >= 15 is 0 Å². The highest BCUT2D eigenvalue weighted by atomic mass is 79.9. The monoisotopic (exact) mass is 374 g/mol. The average molecular weight is 376 g/mol. The van der Waals surface area contributed by atoms with Gasteiger partial charge in [-0.25, -0.2) is 0 Å². The summed E-state index contributed by atoms with van der Waals surface area (Å²) in [6, 6.07) is 7.95. The van der Waals surface area contributed by atoms with Gasteiger partial charge in [0, 0.05) is 24.3 Å². The first-order chi connectivity index (χ1) is 7.99. The number of hydrogen-bond donors (Lipinski definition) is 1. The molecule has 90 valence electrons. The number of hydrogen-bond acceptors (Lipinski definition) is 2. The van der Waals surface area contributed by atoms with E-state index in [2.05, 4.69) is 44.8 Å². The van der Waals surface area contributed by atoms with Crippen molar-refractivity contribution < 1.29 is 5.11 Å². The molecule has 0 radical (unpaired) electrons. The van der Waals surface area contributed by atoms with Crippen LogP contribution < -0.4 is 0 Å². The van der Waals surface area contributed by atoms with Crippen LogP contribution in [0.5, 0.6) is 0 Å². The third-order valence-corrected chi connectivity index (χ3v) is 5.00. The molecule has 0 spiro atoms. The zero-order valence-corrected chi connectivity index (χ0v) is 13.5. The van der Waals surface area contributed by atoms with E-state index in [1.807, 2.05) is 25.1 Å². The molecule has 1 aromatic heterocycles. The summed E-state index contributed by atoms with van der Waals surface area (Å²) < 4.78 is 1.90. The van der Waals surface area contributed by atoms with Gasteiger partial charge in [0.15, 0.2) is 0 Å². The first-order valence-electron chi connectivity index (χ1n) is 5.19. The van der Waals surface area contributed by atoms with Crippen molar-refractivity contribution in [2.24, 2.45) is 0 Å². The molecule has 2 aromatic rings. The van der Waals surface area contributed by atoms with Gasteiger partial charge in [0.05, 0.1) is 0 Å². The van der Waals surface area contributed by atoms with E-state index in [4.69, 9.17) is 0 Å². The Labute approximate surface area is 122 Å². The molecule has 1 nitrogen and oxygen atoms in total. The Morgan fingerprint density at radius 1 is 1.18 bits per heavy atom. The van der Waals surface area contributed by atoms with Crippen molar-refractivity contribution >= 4 is 43.2 Å². The summed E-state index contributed by atoms with van der Waals surface area (Å²) >= 11 is 8.56. The van der Waals surface area contributed by atoms with E-state index in [9.17, 15) is 5.11 Å². The Kier molecular flexibility index (Phi) is 4.08. The van der Waals surface area contributed by atoms with Crippen LogP contribution in [0.15, 0.2) is 33.2 Å². The molecule has 1 heterocycles. The Morgan fingerprint density at radius 3 is 2.47 bits per heavy atom. The largest absolute Gasteiger partial charge is 0.383 e.